The third-order valence-electron chi connectivity index (χ3n) is 5.61. The molecule has 7 heteroatoms. The predicted molar refractivity (Wildman–Crippen MR) is 99.9 cm³/mol. The summed E-state index contributed by atoms with van der Waals surface area (Å²) in [5.41, 5.74) is 2.44. The van der Waals surface area contributed by atoms with Crippen LogP contribution in [-0.2, 0) is 27.2 Å². The van der Waals surface area contributed by atoms with Gasteiger partial charge in [-0.3, -0.25) is 9.69 Å². The number of anilines is 1. The van der Waals surface area contributed by atoms with Gasteiger partial charge in [-0.2, -0.15) is 0 Å². The van der Waals surface area contributed by atoms with E-state index in [0.29, 0.717) is 13.1 Å². The summed E-state index contributed by atoms with van der Waals surface area (Å²) < 4.78 is 10.9. The Balaban J connectivity index is 1.94. The number of carbonyl (C=O) groups is 1. The highest BCUT2D eigenvalue weighted by Crippen LogP contribution is 2.30. The highest BCUT2D eigenvalue weighted by atomic mass is 16.7. The number of amides is 1. The number of fused-ring (bicyclic) bond motifs is 1. The van der Waals surface area contributed by atoms with Crippen LogP contribution >= 0.6 is 0 Å². The zero-order valence-corrected chi connectivity index (χ0v) is 16.5. The number of methoxy groups -OCH3 is 2. The fourth-order valence-corrected chi connectivity index (χ4v) is 3.65. The summed E-state index contributed by atoms with van der Waals surface area (Å²) in [7, 11) is 5.21. The Morgan fingerprint density at radius 2 is 2.04 bits per heavy atom. The first-order valence-electron chi connectivity index (χ1n) is 9.21. The molecule has 1 fully saturated rings. The van der Waals surface area contributed by atoms with Gasteiger partial charge in [0.05, 0.1) is 5.54 Å². The van der Waals surface area contributed by atoms with Gasteiger partial charge in [0.1, 0.15) is 11.5 Å². The van der Waals surface area contributed by atoms with Gasteiger partial charge >= 0.3 is 0 Å². The van der Waals surface area contributed by atoms with Crippen LogP contribution < -0.4 is 5.32 Å². The fourth-order valence-electron chi connectivity index (χ4n) is 3.65. The van der Waals surface area contributed by atoms with Crippen LogP contribution in [0.2, 0.25) is 0 Å². The molecule has 0 bridgehead atoms. The first-order chi connectivity index (χ1) is 12.4. The largest absolute Gasteiger partial charge is 0.370 e. The lowest BCUT2D eigenvalue weighted by Gasteiger charge is -2.44. The third kappa shape index (κ3) is 3.43. The van der Waals surface area contributed by atoms with Crippen molar-refractivity contribution in [2.75, 3.05) is 46.2 Å². The van der Waals surface area contributed by atoms with Gasteiger partial charge in [-0.05, 0) is 50.9 Å². The molecule has 1 aromatic rings. The molecule has 2 aliphatic rings. The number of aryl methyl sites for hydroxylation is 1. The van der Waals surface area contributed by atoms with E-state index in [9.17, 15) is 4.79 Å². The maximum Gasteiger partial charge on any atom is 0.242 e. The molecule has 144 valence electrons. The summed E-state index contributed by atoms with van der Waals surface area (Å²) >= 11 is 0. The lowest BCUT2D eigenvalue weighted by Crippen LogP contribution is -2.61. The molecule has 1 saturated heterocycles. The second-order valence-corrected chi connectivity index (χ2v) is 7.58. The molecule has 1 aromatic heterocycles. The molecular formula is C19H30N4O3. The summed E-state index contributed by atoms with van der Waals surface area (Å²) in [6.45, 7) is 6.96. The van der Waals surface area contributed by atoms with Crippen LogP contribution in [-0.4, -0.2) is 67.1 Å². The van der Waals surface area contributed by atoms with Crippen LogP contribution in [0.25, 0.3) is 0 Å². The first kappa shape index (κ1) is 19.1. The van der Waals surface area contributed by atoms with Crippen LogP contribution in [0.5, 0.6) is 0 Å². The van der Waals surface area contributed by atoms with Crippen molar-refractivity contribution in [3.8, 4) is 0 Å². The van der Waals surface area contributed by atoms with Crippen LogP contribution in [0, 0.1) is 0 Å². The Kier molecular flexibility index (Phi) is 5.50. The Morgan fingerprint density at radius 1 is 1.31 bits per heavy atom. The molecule has 0 radical (unpaired) electrons. The normalized spacial score (nSPS) is 20.2. The number of rotatable bonds is 5. The molecule has 7 nitrogen and oxygen atoms in total. The summed E-state index contributed by atoms with van der Waals surface area (Å²) in [5, 5.41) is 3.36. The average Bonchev–Trinajstić information content (AvgIpc) is 2.64. The van der Waals surface area contributed by atoms with E-state index in [1.165, 1.54) is 5.56 Å². The number of hydrogen-bond donors (Lipinski definition) is 1. The van der Waals surface area contributed by atoms with E-state index < -0.39 is 11.8 Å². The van der Waals surface area contributed by atoms with Gasteiger partial charge in [0.2, 0.25) is 12.2 Å². The minimum atomic E-state index is -0.547. The van der Waals surface area contributed by atoms with Crippen molar-refractivity contribution < 1.29 is 14.3 Å². The number of nitrogens with one attached hydrogen (secondary N) is 1. The summed E-state index contributed by atoms with van der Waals surface area (Å²) in [6.07, 6.45) is 1.54. The topological polar surface area (TPSA) is 66.9 Å². The zero-order chi connectivity index (χ0) is 18.9. The van der Waals surface area contributed by atoms with Crippen molar-refractivity contribution in [1.82, 2.24) is 14.8 Å². The van der Waals surface area contributed by atoms with E-state index in [4.69, 9.17) is 14.5 Å². The summed E-state index contributed by atoms with van der Waals surface area (Å²) in [5.74, 6) is 1.04. The van der Waals surface area contributed by atoms with Crippen LogP contribution in [0.3, 0.4) is 0 Å². The van der Waals surface area contributed by atoms with Crippen LogP contribution in [0.4, 0.5) is 5.82 Å². The zero-order valence-electron chi connectivity index (χ0n) is 16.5. The van der Waals surface area contributed by atoms with Crippen molar-refractivity contribution in [2.45, 2.75) is 45.1 Å². The molecule has 1 amide bonds. The van der Waals surface area contributed by atoms with E-state index in [2.05, 4.69) is 16.3 Å². The number of ether oxygens (including phenoxy) is 2. The molecular weight excluding hydrogens is 332 g/mol. The fraction of sp³-hybridized carbons (Fsp3) is 0.684. The highest BCUT2D eigenvalue weighted by molar-refractivity contribution is 5.86. The molecule has 3 rings (SSSR count). The molecule has 0 atom stereocenters. The predicted octanol–water partition coefficient (Wildman–Crippen LogP) is 1.78. The van der Waals surface area contributed by atoms with Gasteiger partial charge in [-0.25, -0.2) is 4.98 Å². The van der Waals surface area contributed by atoms with Gasteiger partial charge < -0.3 is 19.7 Å². The van der Waals surface area contributed by atoms with Gasteiger partial charge in [-0.1, -0.05) is 0 Å². The molecule has 0 aromatic carbocycles. The lowest BCUT2D eigenvalue weighted by atomic mass is 9.97. The van der Waals surface area contributed by atoms with Crippen LogP contribution in [0.1, 0.15) is 43.4 Å². The van der Waals surface area contributed by atoms with Crippen molar-refractivity contribution in [3.05, 3.63) is 22.9 Å². The number of hydrogen-bond acceptors (Lipinski definition) is 6. The van der Waals surface area contributed by atoms with Crippen molar-refractivity contribution in [2.24, 2.45) is 0 Å². The molecule has 0 spiro atoms. The van der Waals surface area contributed by atoms with Gasteiger partial charge in [0.25, 0.3) is 0 Å². The van der Waals surface area contributed by atoms with Crippen LogP contribution in [0.15, 0.2) is 6.07 Å². The number of likely N-dealkylation sites (N-methyl/N-ethyl adjacent to an activating group) is 1. The minimum absolute atomic E-state index is 0.138. The van der Waals surface area contributed by atoms with E-state index in [1.807, 2.05) is 25.8 Å². The molecule has 2 aliphatic heterocycles. The summed E-state index contributed by atoms with van der Waals surface area (Å²) in [4.78, 5) is 21.8. The van der Waals surface area contributed by atoms with E-state index in [-0.39, 0.29) is 5.91 Å². The number of aromatic nitrogens is 1. The lowest BCUT2D eigenvalue weighted by molar-refractivity contribution is -0.148. The molecule has 0 aliphatic carbocycles. The number of pyridine rings is 1. The number of piperazine rings is 1. The van der Waals surface area contributed by atoms with E-state index >= 15 is 0 Å². The SMILES string of the molecule is COC(OC)c1nc2c(cc1CN1CCN(C)C(C)(C)C1=O)CCCN2. The highest BCUT2D eigenvalue weighted by Gasteiger charge is 2.40. The Bertz CT molecular complexity index is 673. The molecule has 0 saturated carbocycles. The van der Waals surface area contributed by atoms with Crippen molar-refractivity contribution >= 4 is 11.7 Å². The quantitative estimate of drug-likeness (QED) is 0.806. The van der Waals surface area contributed by atoms with E-state index in [1.54, 1.807) is 14.2 Å². The second-order valence-electron chi connectivity index (χ2n) is 7.58. The van der Waals surface area contributed by atoms with Crippen molar-refractivity contribution in [3.63, 3.8) is 0 Å². The maximum atomic E-state index is 13.0. The molecule has 0 unspecified atom stereocenters. The second kappa shape index (κ2) is 7.50. The Labute approximate surface area is 155 Å². The minimum Gasteiger partial charge on any atom is -0.370 e. The number of carbonyl (C=O) groups excluding carboxylic acids is 1. The van der Waals surface area contributed by atoms with Gasteiger partial charge in [0.15, 0.2) is 0 Å². The monoisotopic (exact) mass is 362 g/mol. The van der Waals surface area contributed by atoms with Gasteiger partial charge in [0, 0.05) is 40.4 Å². The number of nitrogens with zero attached hydrogens (tertiary/aromatic N) is 3. The third-order valence-corrected chi connectivity index (χ3v) is 5.61. The molecule has 1 N–H and O–H groups in total. The first-order valence-corrected chi connectivity index (χ1v) is 9.21. The average molecular weight is 362 g/mol. The van der Waals surface area contributed by atoms with Gasteiger partial charge in [-0.15, -0.1) is 0 Å². The van der Waals surface area contributed by atoms with Crippen molar-refractivity contribution in [1.29, 1.82) is 0 Å². The molecule has 26 heavy (non-hydrogen) atoms. The molecule has 3 heterocycles. The standard InChI is InChI=1S/C19H30N4O3/c1-19(2)18(24)23(10-9-22(19)3)12-14-11-13-7-6-8-20-16(13)21-15(14)17(25-4)26-5/h11,17H,6-10,12H2,1-5H3,(H,20,21). The van der Waals surface area contributed by atoms with E-state index in [0.717, 1.165) is 43.0 Å². The Morgan fingerprint density at radius 3 is 2.73 bits per heavy atom. The smallest absolute Gasteiger partial charge is 0.242 e. The summed E-state index contributed by atoms with van der Waals surface area (Å²) in [6, 6.07) is 2.16. The maximum absolute atomic E-state index is 13.0. The Hall–Kier alpha value is -1.70.